The largest absolute Gasteiger partial charge is 0.353 e. The summed E-state index contributed by atoms with van der Waals surface area (Å²) in [7, 11) is 0. The quantitative estimate of drug-likeness (QED) is 0.744. The average molecular weight is 226 g/mol. The van der Waals surface area contributed by atoms with Gasteiger partial charge in [0, 0.05) is 31.5 Å². The van der Waals surface area contributed by atoms with E-state index in [4.69, 9.17) is 11.0 Å². The molecule has 1 atom stereocenters. The van der Waals surface area contributed by atoms with Gasteiger partial charge in [-0.05, 0) is 6.42 Å². The van der Waals surface area contributed by atoms with E-state index < -0.39 is 0 Å². The van der Waals surface area contributed by atoms with Crippen LogP contribution >= 0.6 is 12.4 Å². The summed E-state index contributed by atoms with van der Waals surface area (Å²) in [4.78, 5) is 10.1. The second-order valence-electron chi connectivity index (χ2n) is 3.34. The van der Waals surface area contributed by atoms with Crippen LogP contribution in [0.4, 0.5) is 5.82 Å². The molecule has 6 heteroatoms. The highest BCUT2D eigenvalue weighted by molar-refractivity contribution is 5.85. The van der Waals surface area contributed by atoms with Gasteiger partial charge in [-0.3, -0.25) is 0 Å². The second kappa shape index (κ2) is 4.91. The number of nitrogens with zero attached hydrogens (tertiary/aromatic N) is 4. The molecule has 0 aliphatic carbocycles. The maximum absolute atomic E-state index is 8.83. The number of hydrogen-bond donors (Lipinski definition) is 1. The molecule has 2 N–H and O–H groups in total. The van der Waals surface area contributed by atoms with Gasteiger partial charge in [-0.1, -0.05) is 0 Å². The number of rotatable bonds is 1. The molecule has 0 spiro atoms. The first-order valence-electron chi connectivity index (χ1n) is 4.53. The standard InChI is InChI=1S/C9H11N5.ClH/c10-5-8-9(13-3-2-12-8)14-4-1-7(11)6-14;/h2-3,7H,1,4,6,11H2;1H/t7-;/m0./s1. The predicted molar refractivity (Wildman–Crippen MR) is 58.8 cm³/mol. The summed E-state index contributed by atoms with van der Waals surface area (Å²) < 4.78 is 0. The number of anilines is 1. The van der Waals surface area contributed by atoms with Gasteiger partial charge in [-0.25, -0.2) is 9.97 Å². The number of halogens is 1. The summed E-state index contributed by atoms with van der Waals surface area (Å²) in [6.07, 6.45) is 4.07. The van der Waals surface area contributed by atoms with Gasteiger partial charge in [0.25, 0.3) is 0 Å². The van der Waals surface area contributed by atoms with E-state index in [1.165, 1.54) is 6.20 Å². The zero-order valence-electron chi connectivity index (χ0n) is 8.13. The van der Waals surface area contributed by atoms with E-state index in [0.29, 0.717) is 11.5 Å². The molecule has 1 saturated heterocycles. The lowest BCUT2D eigenvalue weighted by atomic mass is 10.3. The molecule has 1 aromatic heterocycles. The van der Waals surface area contributed by atoms with Crippen molar-refractivity contribution in [2.45, 2.75) is 12.5 Å². The molecule has 0 amide bonds. The van der Waals surface area contributed by atoms with Gasteiger partial charge < -0.3 is 10.6 Å². The Bertz CT molecular complexity index is 375. The Morgan fingerprint density at radius 1 is 1.47 bits per heavy atom. The van der Waals surface area contributed by atoms with Gasteiger partial charge in [0.2, 0.25) is 0 Å². The highest BCUT2D eigenvalue weighted by Gasteiger charge is 2.22. The van der Waals surface area contributed by atoms with Crippen LogP contribution in [-0.2, 0) is 0 Å². The minimum absolute atomic E-state index is 0. The van der Waals surface area contributed by atoms with Crippen molar-refractivity contribution in [3.8, 4) is 6.07 Å². The van der Waals surface area contributed by atoms with E-state index in [9.17, 15) is 0 Å². The van der Waals surface area contributed by atoms with Crippen LogP contribution < -0.4 is 10.6 Å². The van der Waals surface area contributed by atoms with E-state index in [0.717, 1.165) is 19.5 Å². The van der Waals surface area contributed by atoms with Crippen LogP contribution in [0.3, 0.4) is 0 Å². The maximum Gasteiger partial charge on any atom is 0.183 e. The molecule has 80 valence electrons. The molecule has 1 aromatic rings. The summed E-state index contributed by atoms with van der Waals surface area (Å²) >= 11 is 0. The molecule has 5 nitrogen and oxygen atoms in total. The van der Waals surface area contributed by atoms with Crippen LogP contribution in [-0.4, -0.2) is 29.1 Å². The van der Waals surface area contributed by atoms with Crippen LogP contribution in [0.5, 0.6) is 0 Å². The van der Waals surface area contributed by atoms with Crippen molar-refractivity contribution < 1.29 is 0 Å². The molecule has 1 aliphatic rings. The molecule has 0 saturated carbocycles. The molecule has 1 aliphatic heterocycles. The van der Waals surface area contributed by atoms with Crippen molar-refractivity contribution in [1.82, 2.24) is 9.97 Å². The molecule has 0 radical (unpaired) electrons. The number of nitriles is 1. The van der Waals surface area contributed by atoms with E-state index in [2.05, 4.69) is 9.97 Å². The van der Waals surface area contributed by atoms with Crippen molar-refractivity contribution in [2.24, 2.45) is 5.73 Å². The predicted octanol–water partition coefficient (Wildman–Crippen LogP) is 0.307. The van der Waals surface area contributed by atoms with Crippen LogP contribution in [0.25, 0.3) is 0 Å². The summed E-state index contributed by atoms with van der Waals surface area (Å²) in [5.74, 6) is 0.656. The van der Waals surface area contributed by atoms with Gasteiger partial charge in [-0.2, -0.15) is 5.26 Å². The molecular weight excluding hydrogens is 214 g/mol. The fraction of sp³-hybridized carbons (Fsp3) is 0.444. The number of aromatic nitrogens is 2. The molecular formula is C9H12ClN5. The summed E-state index contributed by atoms with van der Waals surface area (Å²) in [6.45, 7) is 1.61. The van der Waals surface area contributed by atoms with Gasteiger partial charge in [-0.15, -0.1) is 12.4 Å². The Morgan fingerprint density at radius 2 is 2.20 bits per heavy atom. The number of hydrogen-bond acceptors (Lipinski definition) is 5. The Kier molecular flexibility index (Phi) is 3.83. The normalized spacial score (nSPS) is 19.5. The fourth-order valence-electron chi connectivity index (χ4n) is 1.62. The lowest BCUT2D eigenvalue weighted by molar-refractivity contribution is 0.751. The first-order chi connectivity index (χ1) is 6.81. The topological polar surface area (TPSA) is 78.8 Å². The van der Waals surface area contributed by atoms with Crippen molar-refractivity contribution >= 4 is 18.2 Å². The third-order valence-corrected chi connectivity index (χ3v) is 2.31. The smallest absolute Gasteiger partial charge is 0.183 e. The van der Waals surface area contributed by atoms with Crippen LogP contribution in [0.15, 0.2) is 12.4 Å². The Balaban J connectivity index is 0.00000112. The van der Waals surface area contributed by atoms with Crippen LogP contribution in [0.1, 0.15) is 12.1 Å². The molecule has 2 heterocycles. The SMILES string of the molecule is Cl.N#Cc1nccnc1N1CC[C@H](N)C1. The summed E-state index contributed by atoms with van der Waals surface area (Å²) in [5, 5.41) is 8.83. The van der Waals surface area contributed by atoms with Crippen molar-refractivity contribution in [3.05, 3.63) is 18.1 Å². The minimum Gasteiger partial charge on any atom is -0.353 e. The molecule has 0 bridgehead atoms. The van der Waals surface area contributed by atoms with E-state index >= 15 is 0 Å². The summed E-state index contributed by atoms with van der Waals surface area (Å²) in [5.41, 5.74) is 6.16. The maximum atomic E-state index is 8.83. The fourth-order valence-corrected chi connectivity index (χ4v) is 1.62. The van der Waals surface area contributed by atoms with E-state index in [1.54, 1.807) is 6.20 Å². The lowest BCUT2D eigenvalue weighted by Crippen LogP contribution is -2.27. The van der Waals surface area contributed by atoms with Crippen molar-refractivity contribution in [1.29, 1.82) is 5.26 Å². The Labute approximate surface area is 94.3 Å². The monoisotopic (exact) mass is 225 g/mol. The van der Waals surface area contributed by atoms with Crippen molar-refractivity contribution in [2.75, 3.05) is 18.0 Å². The van der Waals surface area contributed by atoms with Gasteiger partial charge in [0.05, 0.1) is 0 Å². The third-order valence-electron chi connectivity index (χ3n) is 2.31. The van der Waals surface area contributed by atoms with Gasteiger partial charge in [0.15, 0.2) is 11.5 Å². The molecule has 1 fully saturated rings. The lowest BCUT2D eigenvalue weighted by Gasteiger charge is -2.16. The zero-order chi connectivity index (χ0) is 9.97. The molecule has 0 unspecified atom stereocenters. The number of nitrogens with two attached hydrogens (primary N) is 1. The van der Waals surface area contributed by atoms with Crippen LogP contribution in [0.2, 0.25) is 0 Å². The highest BCUT2D eigenvalue weighted by Crippen LogP contribution is 2.18. The Hall–Kier alpha value is -1.38. The van der Waals surface area contributed by atoms with Crippen LogP contribution in [0, 0.1) is 11.3 Å². The van der Waals surface area contributed by atoms with Crippen molar-refractivity contribution in [3.63, 3.8) is 0 Å². The van der Waals surface area contributed by atoms with Gasteiger partial charge in [0.1, 0.15) is 6.07 Å². The highest BCUT2D eigenvalue weighted by atomic mass is 35.5. The molecule has 15 heavy (non-hydrogen) atoms. The first kappa shape index (κ1) is 11.7. The summed E-state index contributed by atoms with van der Waals surface area (Å²) in [6, 6.07) is 2.22. The van der Waals surface area contributed by atoms with E-state index in [-0.39, 0.29) is 18.4 Å². The molecule has 2 rings (SSSR count). The second-order valence-corrected chi connectivity index (χ2v) is 3.34. The van der Waals surface area contributed by atoms with Gasteiger partial charge >= 0.3 is 0 Å². The zero-order valence-corrected chi connectivity index (χ0v) is 8.94. The first-order valence-corrected chi connectivity index (χ1v) is 4.53. The molecule has 0 aromatic carbocycles. The minimum atomic E-state index is 0. The Morgan fingerprint density at radius 3 is 2.80 bits per heavy atom. The van der Waals surface area contributed by atoms with E-state index in [1.807, 2.05) is 11.0 Å². The third kappa shape index (κ3) is 2.35. The average Bonchev–Trinajstić information content (AvgIpc) is 2.65.